The third-order valence-corrected chi connectivity index (χ3v) is 4.52. The van der Waals surface area contributed by atoms with E-state index >= 15 is 0 Å². The number of carbonyl (C=O) groups excluding carboxylic acids is 1. The summed E-state index contributed by atoms with van der Waals surface area (Å²) in [5.41, 5.74) is 5.11. The van der Waals surface area contributed by atoms with Crippen molar-refractivity contribution in [2.75, 3.05) is 16.8 Å². The van der Waals surface area contributed by atoms with Crippen LogP contribution in [-0.4, -0.2) is 17.4 Å². The summed E-state index contributed by atoms with van der Waals surface area (Å²) in [6.07, 6.45) is 3.32. The van der Waals surface area contributed by atoms with Crippen LogP contribution in [-0.2, 0) is 11.3 Å². The molecule has 0 aliphatic heterocycles. The van der Waals surface area contributed by atoms with Gasteiger partial charge in [-0.05, 0) is 60.9 Å². The SMILES string of the molecule is Cc1ccc(C)c(N(CC(=O)Nc2cccnc2)Cc2ccc(Cl)cc2)c1. The number of rotatable bonds is 6. The molecule has 5 heteroatoms. The number of hydrogen-bond acceptors (Lipinski definition) is 3. The van der Waals surface area contributed by atoms with Gasteiger partial charge in [0.15, 0.2) is 0 Å². The Morgan fingerprint density at radius 3 is 2.59 bits per heavy atom. The maximum absolute atomic E-state index is 12.6. The van der Waals surface area contributed by atoms with Crippen molar-refractivity contribution < 1.29 is 4.79 Å². The van der Waals surface area contributed by atoms with Gasteiger partial charge in [0.2, 0.25) is 5.91 Å². The molecule has 2 aromatic carbocycles. The maximum Gasteiger partial charge on any atom is 0.243 e. The van der Waals surface area contributed by atoms with Crippen LogP contribution in [0.15, 0.2) is 67.0 Å². The summed E-state index contributed by atoms with van der Waals surface area (Å²) in [4.78, 5) is 18.8. The van der Waals surface area contributed by atoms with Crippen LogP contribution in [0.4, 0.5) is 11.4 Å². The van der Waals surface area contributed by atoms with Crippen LogP contribution in [0.3, 0.4) is 0 Å². The quantitative estimate of drug-likeness (QED) is 0.655. The van der Waals surface area contributed by atoms with Crippen molar-refractivity contribution in [3.05, 3.63) is 88.7 Å². The lowest BCUT2D eigenvalue weighted by molar-refractivity contribution is -0.115. The van der Waals surface area contributed by atoms with Crippen LogP contribution in [0.5, 0.6) is 0 Å². The van der Waals surface area contributed by atoms with Gasteiger partial charge in [-0.1, -0.05) is 35.9 Å². The number of aromatic nitrogens is 1. The minimum Gasteiger partial charge on any atom is -0.358 e. The summed E-state index contributed by atoms with van der Waals surface area (Å²) in [6.45, 7) is 4.96. The van der Waals surface area contributed by atoms with Crippen LogP contribution < -0.4 is 10.2 Å². The van der Waals surface area contributed by atoms with Gasteiger partial charge in [0, 0.05) is 23.5 Å². The van der Waals surface area contributed by atoms with Crippen molar-refractivity contribution in [2.24, 2.45) is 0 Å². The molecule has 0 saturated carbocycles. The minimum absolute atomic E-state index is 0.0853. The van der Waals surface area contributed by atoms with E-state index in [0.717, 1.165) is 22.4 Å². The first kappa shape index (κ1) is 18.9. The highest BCUT2D eigenvalue weighted by Crippen LogP contribution is 2.24. The van der Waals surface area contributed by atoms with Crippen molar-refractivity contribution in [3.8, 4) is 0 Å². The number of aryl methyl sites for hydroxylation is 2. The Kier molecular flexibility index (Phi) is 6.09. The van der Waals surface area contributed by atoms with E-state index in [4.69, 9.17) is 11.6 Å². The van der Waals surface area contributed by atoms with Gasteiger partial charge in [0.1, 0.15) is 0 Å². The lowest BCUT2D eigenvalue weighted by Crippen LogP contribution is -2.33. The topological polar surface area (TPSA) is 45.2 Å². The van der Waals surface area contributed by atoms with E-state index in [2.05, 4.69) is 47.2 Å². The summed E-state index contributed by atoms with van der Waals surface area (Å²) < 4.78 is 0. The average Bonchev–Trinajstić information content (AvgIpc) is 2.66. The van der Waals surface area contributed by atoms with Crippen LogP contribution >= 0.6 is 11.6 Å². The molecule has 138 valence electrons. The van der Waals surface area contributed by atoms with Crippen molar-refractivity contribution in [3.63, 3.8) is 0 Å². The summed E-state index contributed by atoms with van der Waals surface area (Å²) in [7, 11) is 0. The Balaban J connectivity index is 1.83. The van der Waals surface area contributed by atoms with E-state index < -0.39 is 0 Å². The van der Waals surface area contributed by atoms with Crippen LogP contribution in [0.1, 0.15) is 16.7 Å². The number of nitrogens with one attached hydrogen (secondary N) is 1. The molecule has 0 radical (unpaired) electrons. The largest absolute Gasteiger partial charge is 0.358 e. The van der Waals surface area contributed by atoms with Gasteiger partial charge in [0.05, 0.1) is 18.4 Å². The van der Waals surface area contributed by atoms with Gasteiger partial charge >= 0.3 is 0 Å². The molecule has 3 aromatic rings. The smallest absolute Gasteiger partial charge is 0.243 e. The van der Waals surface area contributed by atoms with Gasteiger partial charge in [0.25, 0.3) is 0 Å². The van der Waals surface area contributed by atoms with Crippen LogP contribution in [0, 0.1) is 13.8 Å². The number of hydrogen-bond donors (Lipinski definition) is 1. The van der Waals surface area contributed by atoms with E-state index in [1.54, 1.807) is 18.5 Å². The predicted molar refractivity (Wildman–Crippen MR) is 111 cm³/mol. The van der Waals surface area contributed by atoms with Crippen LogP contribution in [0.25, 0.3) is 0 Å². The number of carbonyl (C=O) groups is 1. The fraction of sp³-hybridized carbons (Fsp3) is 0.182. The standard InChI is InChI=1S/C22H22ClN3O/c1-16-5-6-17(2)21(12-16)26(14-18-7-9-19(23)10-8-18)15-22(27)25-20-4-3-11-24-13-20/h3-13H,14-15H2,1-2H3,(H,25,27). The molecule has 27 heavy (non-hydrogen) atoms. The summed E-state index contributed by atoms with van der Waals surface area (Å²) >= 11 is 6.00. The molecule has 1 heterocycles. The molecule has 0 bridgehead atoms. The highest BCUT2D eigenvalue weighted by Gasteiger charge is 2.15. The van der Waals surface area contributed by atoms with Gasteiger partial charge < -0.3 is 10.2 Å². The molecule has 1 amide bonds. The van der Waals surface area contributed by atoms with Crippen molar-refractivity contribution >= 4 is 28.9 Å². The maximum atomic E-state index is 12.6. The molecule has 3 rings (SSSR count). The first-order valence-corrected chi connectivity index (χ1v) is 9.15. The number of amides is 1. The van der Waals surface area contributed by atoms with Gasteiger partial charge in [-0.3, -0.25) is 9.78 Å². The van der Waals surface area contributed by atoms with Gasteiger partial charge in [-0.2, -0.15) is 0 Å². The molecule has 0 aliphatic rings. The third kappa shape index (κ3) is 5.31. The first-order chi connectivity index (χ1) is 13.0. The number of pyridine rings is 1. The molecule has 0 fully saturated rings. The fourth-order valence-electron chi connectivity index (χ4n) is 2.91. The summed E-state index contributed by atoms with van der Waals surface area (Å²) in [6, 6.07) is 17.6. The average molecular weight is 380 g/mol. The van der Waals surface area contributed by atoms with E-state index in [1.807, 2.05) is 30.3 Å². The van der Waals surface area contributed by atoms with Crippen molar-refractivity contribution in [1.29, 1.82) is 0 Å². The predicted octanol–water partition coefficient (Wildman–Crippen LogP) is 5.00. The molecule has 1 aromatic heterocycles. The highest BCUT2D eigenvalue weighted by molar-refractivity contribution is 6.30. The lowest BCUT2D eigenvalue weighted by Gasteiger charge is -2.26. The zero-order valence-corrected chi connectivity index (χ0v) is 16.2. The second kappa shape index (κ2) is 8.69. The molecule has 0 aliphatic carbocycles. The number of nitrogens with zero attached hydrogens (tertiary/aromatic N) is 2. The lowest BCUT2D eigenvalue weighted by atomic mass is 10.1. The normalized spacial score (nSPS) is 10.5. The molecule has 0 atom stereocenters. The van der Waals surface area contributed by atoms with E-state index in [9.17, 15) is 4.79 Å². The third-order valence-electron chi connectivity index (χ3n) is 4.27. The Bertz CT molecular complexity index is 911. The number of benzene rings is 2. The van der Waals surface area contributed by atoms with Crippen molar-refractivity contribution in [2.45, 2.75) is 20.4 Å². The molecule has 0 saturated heterocycles. The van der Waals surface area contributed by atoms with Gasteiger partial charge in [-0.15, -0.1) is 0 Å². The fourth-order valence-corrected chi connectivity index (χ4v) is 3.03. The Morgan fingerprint density at radius 2 is 1.89 bits per heavy atom. The minimum atomic E-state index is -0.0853. The zero-order valence-electron chi connectivity index (χ0n) is 15.4. The second-order valence-corrected chi connectivity index (χ2v) is 7.00. The number of anilines is 2. The zero-order chi connectivity index (χ0) is 19.2. The van der Waals surface area contributed by atoms with Crippen molar-refractivity contribution in [1.82, 2.24) is 4.98 Å². The van der Waals surface area contributed by atoms with Gasteiger partial charge in [-0.25, -0.2) is 0 Å². The molecule has 4 nitrogen and oxygen atoms in total. The monoisotopic (exact) mass is 379 g/mol. The Hall–Kier alpha value is -2.85. The summed E-state index contributed by atoms with van der Waals surface area (Å²) in [5.74, 6) is -0.0853. The molecule has 0 unspecified atom stereocenters. The van der Waals surface area contributed by atoms with E-state index in [-0.39, 0.29) is 12.5 Å². The van der Waals surface area contributed by atoms with E-state index in [0.29, 0.717) is 17.3 Å². The second-order valence-electron chi connectivity index (χ2n) is 6.56. The Labute approximate surface area is 164 Å². The first-order valence-electron chi connectivity index (χ1n) is 8.78. The van der Waals surface area contributed by atoms with E-state index in [1.165, 1.54) is 0 Å². The molecular formula is C22H22ClN3O. The molecule has 0 spiro atoms. The number of halogens is 1. The molecule has 1 N–H and O–H groups in total. The highest BCUT2D eigenvalue weighted by atomic mass is 35.5. The summed E-state index contributed by atoms with van der Waals surface area (Å²) in [5, 5.41) is 3.61. The Morgan fingerprint density at radius 1 is 1.11 bits per heavy atom. The molecular weight excluding hydrogens is 358 g/mol. The van der Waals surface area contributed by atoms with Crippen LogP contribution in [0.2, 0.25) is 5.02 Å².